The Morgan fingerprint density at radius 3 is 2.00 bits per heavy atom. The van der Waals surface area contributed by atoms with Crippen molar-refractivity contribution in [3.8, 4) is 0 Å². The second kappa shape index (κ2) is 10.3. The quantitative estimate of drug-likeness (QED) is 0.558. The number of hydrogen-bond acceptors (Lipinski definition) is 4. The molecular formula is C23H48N6P2. The van der Waals surface area contributed by atoms with Gasteiger partial charge in [0.2, 0.25) is 0 Å². The second-order valence-electron chi connectivity index (χ2n) is 10.7. The first-order valence-corrected chi connectivity index (χ1v) is 15.1. The summed E-state index contributed by atoms with van der Waals surface area (Å²) in [4.78, 5) is 4.36. The summed E-state index contributed by atoms with van der Waals surface area (Å²) in [5, 5.41) is 0. The SMILES string of the molecule is Cc1ccc(CC2CCCN(C)P2(=NC(C)(C)C)N[PH](N(C)C)(N(C)C)N(C)C)cc1. The van der Waals surface area contributed by atoms with Gasteiger partial charge >= 0.3 is 193 Å². The van der Waals surface area contributed by atoms with Crippen molar-refractivity contribution >= 4 is 15.2 Å². The summed E-state index contributed by atoms with van der Waals surface area (Å²) in [6.07, 6.45) is 3.53. The molecule has 0 saturated carbocycles. The van der Waals surface area contributed by atoms with E-state index in [1.54, 1.807) is 0 Å². The molecule has 0 amide bonds. The maximum atomic E-state index is 5.69. The second-order valence-corrected chi connectivity index (χ2v) is 18.5. The zero-order valence-corrected chi connectivity index (χ0v) is 23.8. The van der Waals surface area contributed by atoms with Crippen LogP contribution in [0.1, 0.15) is 44.7 Å². The molecule has 1 aliphatic rings. The number of benzene rings is 1. The number of rotatable bonds is 7. The van der Waals surface area contributed by atoms with Gasteiger partial charge in [-0.3, -0.25) is 0 Å². The van der Waals surface area contributed by atoms with Gasteiger partial charge in [0, 0.05) is 0 Å². The Morgan fingerprint density at radius 1 is 1.03 bits per heavy atom. The summed E-state index contributed by atoms with van der Waals surface area (Å²) in [6.45, 7) is 10.0. The van der Waals surface area contributed by atoms with Crippen LogP contribution in [-0.2, 0) is 6.42 Å². The number of hydrogen-bond donors (Lipinski definition) is 1. The van der Waals surface area contributed by atoms with Crippen LogP contribution in [0.2, 0.25) is 0 Å². The molecule has 0 spiro atoms. The van der Waals surface area contributed by atoms with Gasteiger partial charge in [0.25, 0.3) is 0 Å². The summed E-state index contributed by atoms with van der Waals surface area (Å²) in [7, 11) is 11.2. The molecule has 0 bridgehead atoms. The van der Waals surface area contributed by atoms with E-state index in [2.05, 4.69) is 125 Å². The van der Waals surface area contributed by atoms with Gasteiger partial charge in [0.15, 0.2) is 0 Å². The molecule has 2 unspecified atom stereocenters. The molecule has 180 valence electrons. The Kier molecular flexibility index (Phi) is 8.95. The third kappa shape index (κ3) is 5.98. The van der Waals surface area contributed by atoms with Crippen LogP contribution in [0.3, 0.4) is 0 Å². The van der Waals surface area contributed by atoms with Gasteiger partial charge in [-0.15, -0.1) is 0 Å². The van der Waals surface area contributed by atoms with E-state index in [1.807, 2.05) is 0 Å². The maximum absolute atomic E-state index is 5.69. The van der Waals surface area contributed by atoms with Gasteiger partial charge in [-0.25, -0.2) is 0 Å². The van der Waals surface area contributed by atoms with E-state index in [-0.39, 0.29) is 5.54 Å². The summed E-state index contributed by atoms with van der Waals surface area (Å²) in [6, 6.07) is 9.11. The summed E-state index contributed by atoms with van der Waals surface area (Å²) >= 11 is 0. The van der Waals surface area contributed by atoms with Gasteiger partial charge in [0.05, 0.1) is 0 Å². The van der Waals surface area contributed by atoms with Crippen molar-refractivity contribution < 1.29 is 0 Å². The van der Waals surface area contributed by atoms with E-state index in [0.717, 1.165) is 13.0 Å². The van der Waals surface area contributed by atoms with Crippen molar-refractivity contribution in [1.82, 2.24) is 23.5 Å². The third-order valence-electron chi connectivity index (χ3n) is 6.28. The van der Waals surface area contributed by atoms with E-state index in [0.29, 0.717) is 5.66 Å². The summed E-state index contributed by atoms with van der Waals surface area (Å²) in [5.74, 6) is 0. The van der Waals surface area contributed by atoms with Crippen molar-refractivity contribution in [2.75, 3.05) is 55.9 Å². The van der Waals surface area contributed by atoms with Crippen molar-refractivity contribution in [1.29, 1.82) is 0 Å². The van der Waals surface area contributed by atoms with Crippen LogP contribution < -0.4 is 4.86 Å². The molecule has 1 saturated heterocycles. The van der Waals surface area contributed by atoms with Gasteiger partial charge in [-0.05, 0) is 0 Å². The van der Waals surface area contributed by atoms with Gasteiger partial charge in [-0.1, -0.05) is 0 Å². The Morgan fingerprint density at radius 2 is 1.55 bits per heavy atom. The fourth-order valence-corrected chi connectivity index (χ4v) is 16.4. The van der Waals surface area contributed by atoms with Crippen LogP contribution in [0.25, 0.3) is 0 Å². The zero-order valence-electron chi connectivity index (χ0n) is 21.9. The first-order chi connectivity index (χ1) is 14.2. The fraction of sp³-hybridized carbons (Fsp3) is 0.739. The summed E-state index contributed by atoms with van der Waals surface area (Å²) in [5.41, 5.74) is 3.14. The van der Waals surface area contributed by atoms with E-state index in [9.17, 15) is 0 Å². The molecule has 1 N–H and O–H groups in total. The first-order valence-electron chi connectivity index (χ1n) is 11.5. The minimum absolute atomic E-state index is 0.108. The van der Waals surface area contributed by atoms with Crippen LogP contribution in [-0.4, -0.2) is 85.8 Å². The molecule has 31 heavy (non-hydrogen) atoms. The molecule has 8 heteroatoms. The van der Waals surface area contributed by atoms with Gasteiger partial charge in [-0.2, -0.15) is 0 Å². The van der Waals surface area contributed by atoms with E-state index in [1.165, 1.54) is 24.0 Å². The number of nitrogens with zero attached hydrogens (tertiary/aromatic N) is 5. The van der Waals surface area contributed by atoms with Crippen molar-refractivity contribution in [3.05, 3.63) is 35.4 Å². The van der Waals surface area contributed by atoms with Crippen molar-refractivity contribution in [2.24, 2.45) is 4.74 Å². The topological polar surface area (TPSA) is 37.4 Å². The van der Waals surface area contributed by atoms with E-state index < -0.39 is 15.2 Å². The van der Waals surface area contributed by atoms with E-state index in [4.69, 9.17) is 4.74 Å². The molecule has 1 heterocycles. The average molecular weight is 471 g/mol. The molecule has 1 fully saturated rings. The Bertz CT molecular complexity index is 745. The molecule has 1 aromatic carbocycles. The Hall–Kier alpha value is -0.320. The van der Waals surface area contributed by atoms with Crippen LogP contribution in [0.15, 0.2) is 29.0 Å². The molecule has 2 rings (SSSR count). The standard InChI is InChI=1S/C23H48N6P2/c1-20-14-16-21(17-15-20)19-22-13-12-18-29(11)30(22,24-23(2,3)4)25-31(26(5)6,27(7)8)28(9)10/h14-17,22,25,31H,12-13,18-19H2,1-11H3. The van der Waals surface area contributed by atoms with Crippen molar-refractivity contribution in [3.63, 3.8) is 0 Å². The average Bonchev–Trinajstić information content (AvgIpc) is 2.63. The molecule has 1 aliphatic heterocycles. The fourth-order valence-electron chi connectivity index (χ4n) is 4.93. The molecular weight excluding hydrogens is 422 g/mol. The molecule has 6 nitrogen and oxygen atoms in total. The predicted molar refractivity (Wildman–Crippen MR) is 142 cm³/mol. The molecule has 1 aromatic rings. The molecule has 2 atom stereocenters. The predicted octanol–water partition coefficient (Wildman–Crippen LogP) is 5.15. The minimum atomic E-state index is -2.33. The first kappa shape index (κ1) is 26.9. The normalized spacial score (nSPS) is 24.3. The summed E-state index contributed by atoms with van der Waals surface area (Å²) < 4.78 is 15.5. The molecule has 0 aromatic heterocycles. The van der Waals surface area contributed by atoms with Crippen LogP contribution in [0, 0.1) is 6.92 Å². The third-order valence-corrected chi connectivity index (χ3v) is 16.1. The Balaban J connectivity index is 2.68. The molecule has 0 aliphatic carbocycles. The van der Waals surface area contributed by atoms with Crippen molar-refractivity contribution in [2.45, 2.75) is 58.2 Å². The monoisotopic (exact) mass is 470 g/mol. The van der Waals surface area contributed by atoms with Gasteiger partial charge in [0.1, 0.15) is 0 Å². The van der Waals surface area contributed by atoms with Gasteiger partial charge < -0.3 is 0 Å². The Labute approximate surface area is 193 Å². The number of nitrogens with one attached hydrogen (secondary N) is 1. The van der Waals surface area contributed by atoms with Crippen LogP contribution in [0.4, 0.5) is 0 Å². The number of aryl methyl sites for hydroxylation is 1. The molecule has 0 radical (unpaired) electrons. The van der Waals surface area contributed by atoms with Crippen LogP contribution >= 0.6 is 15.2 Å². The van der Waals surface area contributed by atoms with E-state index >= 15 is 0 Å². The van der Waals surface area contributed by atoms with Crippen LogP contribution in [0.5, 0.6) is 0 Å². The zero-order chi connectivity index (χ0) is 23.6.